The van der Waals surface area contributed by atoms with Gasteiger partial charge in [-0.05, 0) is 25.8 Å². The fourth-order valence-electron chi connectivity index (χ4n) is 2.18. The lowest BCUT2D eigenvalue weighted by molar-refractivity contribution is -0.141. The van der Waals surface area contributed by atoms with Crippen molar-refractivity contribution in [3.05, 3.63) is 0 Å². The molecule has 1 saturated heterocycles. The largest absolute Gasteiger partial charge is 0.481 e. The summed E-state index contributed by atoms with van der Waals surface area (Å²) in [5.74, 6) is -1.01. The molecule has 2 unspecified atom stereocenters. The van der Waals surface area contributed by atoms with Crippen LogP contribution in [-0.2, 0) is 9.53 Å². The predicted octanol–water partition coefficient (Wildman–Crippen LogP) is 1.99. The number of carbonyl (C=O) groups is 1. The second-order valence-corrected chi connectivity index (χ2v) is 4.99. The smallest absolute Gasteiger partial charge is 0.307 e. The van der Waals surface area contributed by atoms with E-state index in [0.29, 0.717) is 12.6 Å². The third kappa shape index (κ3) is 5.50. The molecule has 0 amide bonds. The van der Waals surface area contributed by atoms with Crippen molar-refractivity contribution in [3.8, 4) is 0 Å². The van der Waals surface area contributed by atoms with E-state index in [1.807, 2.05) is 0 Å². The first-order valence-electron chi connectivity index (χ1n) is 6.70. The molecule has 0 saturated carbocycles. The molecule has 1 aliphatic heterocycles. The molecule has 0 aliphatic carbocycles. The fraction of sp³-hybridized carbons (Fsp3) is 0.923. The number of rotatable bonds is 8. The van der Waals surface area contributed by atoms with E-state index in [4.69, 9.17) is 9.84 Å². The molecule has 0 aromatic heterocycles. The van der Waals surface area contributed by atoms with Crippen LogP contribution >= 0.6 is 0 Å². The van der Waals surface area contributed by atoms with Crippen LogP contribution in [0.15, 0.2) is 0 Å². The van der Waals surface area contributed by atoms with Crippen molar-refractivity contribution in [2.24, 2.45) is 5.92 Å². The number of hydrogen-bond acceptors (Lipinski definition) is 3. The highest BCUT2D eigenvalue weighted by atomic mass is 16.5. The van der Waals surface area contributed by atoms with Crippen LogP contribution in [0.25, 0.3) is 0 Å². The van der Waals surface area contributed by atoms with Crippen molar-refractivity contribution in [3.63, 3.8) is 0 Å². The number of carboxylic acid groups (broad SMARTS) is 1. The minimum atomic E-state index is -0.709. The van der Waals surface area contributed by atoms with E-state index in [9.17, 15) is 4.79 Å². The van der Waals surface area contributed by atoms with Gasteiger partial charge in [0, 0.05) is 19.7 Å². The SMILES string of the molecule is CCCCN(CC1CCCO1)CC(C)C(=O)O. The van der Waals surface area contributed by atoms with Crippen molar-refractivity contribution < 1.29 is 14.6 Å². The minimum absolute atomic E-state index is 0.298. The zero-order valence-corrected chi connectivity index (χ0v) is 11.0. The number of aliphatic carboxylic acids is 1. The van der Waals surface area contributed by atoms with Gasteiger partial charge in [0.25, 0.3) is 0 Å². The van der Waals surface area contributed by atoms with Gasteiger partial charge >= 0.3 is 5.97 Å². The second-order valence-electron chi connectivity index (χ2n) is 4.99. The van der Waals surface area contributed by atoms with Crippen molar-refractivity contribution in [2.75, 3.05) is 26.2 Å². The first kappa shape index (κ1) is 14.5. The molecule has 0 aromatic carbocycles. The van der Waals surface area contributed by atoms with Crippen LogP contribution in [0.5, 0.6) is 0 Å². The summed E-state index contributed by atoms with van der Waals surface area (Å²) in [5.41, 5.74) is 0. The third-order valence-electron chi connectivity index (χ3n) is 3.27. The summed E-state index contributed by atoms with van der Waals surface area (Å²) in [4.78, 5) is 13.1. The Morgan fingerprint density at radius 2 is 2.35 bits per heavy atom. The molecule has 0 bridgehead atoms. The number of carboxylic acids is 1. The van der Waals surface area contributed by atoms with Gasteiger partial charge in [0.15, 0.2) is 0 Å². The second kappa shape index (κ2) is 7.67. The highest BCUT2D eigenvalue weighted by molar-refractivity contribution is 5.69. The van der Waals surface area contributed by atoms with Crippen molar-refractivity contribution in [1.82, 2.24) is 4.90 Å². The fourth-order valence-corrected chi connectivity index (χ4v) is 2.18. The van der Waals surface area contributed by atoms with E-state index in [1.165, 1.54) is 0 Å². The Labute approximate surface area is 104 Å². The van der Waals surface area contributed by atoms with Gasteiger partial charge in [0.1, 0.15) is 0 Å². The van der Waals surface area contributed by atoms with Crippen LogP contribution in [0.3, 0.4) is 0 Å². The van der Waals surface area contributed by atoms with Gasteiger partial charge in [-0.3, -0.25) is 9.69 Å². The molecule has 1 rings (SSSR count). The Balaban J connectivity index is 2.38. The molecule has 100 valence electrons. The van der Waals surface area contributed by atoms with E-state index in [0.717, 1.165) is 45.4 Å². The Morgan fingerprint density at radius 1 is 1.59 bits per heavy atom. The molecule has 4 heteroatoms. The number of ether oxygens (including phenoxy) is 1. The summed E-state index contributed by atoms with van der Waals surface area (Å²) < 4.78 is 5.62. The maximum atomic E-state index is 10.9. The highest BCUT2D eigenvalue weighted by Gasteiger charge is 2.22. The molecular formula is C13H25NO3. The van der Waals surface area contributed by atoms with Gasteiger partial charge < -0.3 is 9.84 Å². The van der Waals surface area contributed by atoms with E-state index < -0.39 is 5.97 Å². The maximum Gasteiger partial charge on any atom is 0.307 e. The maximum absolute atomic E-state index is 10.9. The lowest BCUT2D eigenvalue weighted by atomic mass is 10.1. The average molecular weight is 243 g/mol. The normalized spacial score (nSPS) is 21.9. The van der Waals surface area contributed by atoms with E-state index in [1.54, 1.807) is 6.92 Å². The van der Waals surface area contributed by atoms with E-state index >= 15 is 0 Å². The highest BCUT2D eigenvalue weighted by Crippen LogP contribution is 2.14. The van der Waals surface area contributed by atoms with Gasteiger partial charge in [0.05, 0.1) is 12.0 Å². The van der Waals surface area contributed by atoms with E-state index in [-0.39, 0.29) is 5.92 Å². The summed E-state index contributed by atoms with van der Waals surface area (Å²) in [6.45, 7) is 7.29. The topological polar surface area (TPSA) is 49.8 Å². The molecule has 1 fully saturated rings. The number of nitrogens with zero attached hydrogens (tertiary/aromatic N) is 1. The lowest BCUT2D eigenvalue weighted by Crippen LogP contribution is -2.37. The standard InChI is InChI=1S/C13H25NO3/c1-3-4-7-14(9-11(2)13(15)16)10-12-6-5-8-17-12/h11-12H,3-10H2,1-2H3,(H,15,16). The Bertz CT molecular complexity index is 227. The predicted molar refractivity (Wildman–Crippen MR) is 67.1 cm³/mol. The zero-order valence-electron chi connectivity index (χ0n) is 11.0. The van der Waals surface area contributed by atoms with Crippen LogP contribution in [0, 0.1) is 5.92 Å². The molecule has 4 nitrogen and oxygen atoms in total. The molecule has 1 aliphatic rings. The first-order chi connectivity index (χ1) is 8.13. The summed E-state index contributed by atoms with van der Waals surface area (Å²) in [6.07, 6.45) is 4.83. The molecule has 2 atom stereocenters. The van der Waals surface area contributed by atoms with Crippen molar-refractivity contribution >= 4 is 5.97 Å². The van der Waals surface area contributed by atoms with Crippen LogP contribution in [0.4, 0.5) is 0 Å². The quantitative estimate of drug-likeness (QED) is 0.708. The van der Waals surface area contributed by atoms with E-state index in [2.05, 4.69) is 11.8 Å². The van der Waals surface area contributed by atoms with Gasteiger partial charge in [0.2, 0.25) is 0 Å². The molecule has 1 N–H and O–H groups in total. The average Bonchev–Trinajstić information content (AvgIpc) is 2.78. The zero-order chi connectivity index (χ0) is 12.7. The third-order valence-corrected chi connectivity index (χ3v) is 3.27. The number of hydrogen-bond donors (Lipinski definition) is 1. The molecular weight excluding hydrogens is 218 g/mol. The molecule has 0 spiro atoms. The Hall–Kier alpha value is -0.610. The lowest BCUT2D eigenvalue weighted by Gasteiger charge is -2.26. The monoisotopic (exact) mass is 243 g/mol. The van der Waals surface area contributed by atoms with Crippen LogP contribution < -0.4 is 0 Å². The summed E-state index contributed by atoms with van der Waals surface area (Å²) in [6, 6.07) is 0. The van der Waals surface area contributed by atoms with Gasteiger partial charge in [-0.2, -0.15) is 0 Å². The van der Waals surface area contributed by atoms with Gasteiger partial charge in [-0.25, -0.2) is 0 Å². The molecule has 1 heterocycles. The Morgan fingerprint density at radius 3 is 2.88 bits per heavy atom. The van der Waals surface area contributed by atoms with Gasteiger partial charge in [-0.1, -0.05) is 20.3 Å². The number of unbranched alkanes of at least 4 members (excludes halogenated alkanes) is 1. The van der Waals surface area contributed by atoms with Crippen molar-refractivity contribution in [1.29, 1.82) is 0 Å². The van der Waals surface area contributed by atoms with Crippen LogP contribution in [-0.4, -0.2) is 48.3 Å². The Kier molecular flexibility index (Phi) is 6.52. The van der Waals surface area contributed by atoms with Crippen molar-refractivity contribution in [2.45, 2.75) is 45.6 Å². The summed E-state index contributed by atoms with van der Waals surface area (Å²) in [7, 11) is 0. The first-order valence-corrected chi connectivity index (χ1v) is 6.70. The van der Waals surface area contributed by atoms with Gasteiger partial charge in [-0.15, -0.1) is 0 Å². The van der Waals surface area contributed by atoms with Crippen LogP contribution in [0.2, 0.25) is 0 Å². The summed E-state index contributed by atoms with van der Waals surface area (Å²) in [5, 5.41) is 8.96. The minimum Gasteiger partial charge on any atom is -0.481 e. The van der Waals surface area contributed by atoms with Crippen LogP contribution in [0.1, 0.15) is 39.5 Å². The molecule has 0 radical (unpaired) electrons. The molecule has 0 aromatic rings. The summed E-state index contributed by atoms with van der Waals surface area (Å²) >= 11 is 0. The molecule has 17 heavy (non-hydrogen) atoms.